The third kappa shape index (κ3) is 5.17. The normalized spacial score (nSPS) is 19.4. The van der Waals surface area contributed by atoms with Crippen molar-refractivity contribution in [1.29, 1.82) is 0 Å². The highest BCUT2D eigenvalue weighted by Gasteiger charge is 2.42. The lowest BCUT2D eigenvalue weighted by Gasteiger charge is -2.14. The van der Waals surface area contributed by atoms with Crippen LogP contribution in [0.5, 0.6) is 5.75 Å². The van der Waals surface area contributed by atoms with Gasteiger partial charge in [0.2, 0.25) is 5.89 Å². The predicted molar refractivity (Wildman–Crippen MR) is 98.2 cm³/mol. The van der Waals surface area contributed by atoms with Gasteiger partial charge in [0.15, 0.2) is 5.96 Å². The number of oxazole rings is 1. The lowest BCUT2D eigenvalue weighted by molar-refractivity contribution is -0.274. The Morgan fingerprint density at radius 3 is 2.71 bits per heavy atom. The highest BCUT2D eigenvalue weighted by molar-refractivity contribution is 5.80. The summed E-state index contributed by atoms with van der Waals surface area (Å²) in [5, 5.41) is 6.38. The summed E-state index contributed by atoms with van der Waals surface area (Å²) in [5.41, 5.74) is 1.36. The number of aliphatic imine (C=N–C) groups is 1. The molecule has 3 rings (SSSR count). The van der Waals surface area contributed by atoms with E-state index in [1.807, 2.05) is 20.8 Å². The lowest BCUT2D eigenvalue weighted by Crippen LogP contribution is -2.39. The van der Waals surface area contributed by atoms with Crippen molar-refractivity contribution in [3.8, 4) is 5.75 Å². The number of aromatic nitrogens is 1. The van der Waals surface area contributed by atoms with Crippen molar-refractivity contribution in [3.05, 3.63) is 47.2 Å². The molecule has 1 fully saturated rings. The molecule has 0 amide bonds. The van der Waals surface area contributed by atoms with Crippen molar-refractivity contribution in [2.45, 2.75) is 52.1 Å². The van der Waals surface area contributed by atoms with Crippen molar-refractivity contribution in [2.75, 3.05) is 6.54 Å². The van der Waals surface area contributed by atoms with Gasteiger partial charge in [-0.25, -0.2) is 9.98 Å². The van der Waals surface area contributed by atoms with Gasteiger partial charge >= 0.3 is 6.36 Å². The summed E-state index contributed by atoms with van der Waals surface area (Å²) in [7, 11) is 0. The first kappa shape index (κ1) is 20.0. The van der Waals surface area contributed by atoms with E-state index in [9.17, 15) is 13.2 Å². The number of benzene rings is 1. The molecule has 0 aliphatic heterocycles. The Balaban J connectivity index is 1.66. The second-order valence-corrected chi connectivity index (χ2v) is 6.62. The van der Waals surface area contributed by atoms with Crippen LogP contribution in [0.25, 0.3) is 0 Å². The fourth-order valence-electron chi connectivity index (χ4n) is 2.95. The lowest BCUT2D eigenvalue weighted by atomic mass is 10.1. The molecule has 1 saturated carbocycles. The molecule has 2 atom stereocenters. The first-order valence-corrected chi connectivity index (χ1v) is 9.09. The molecule has 0 saturated heterocycles. The molecule has 6 nitrogen and oxygen atoms in total. The summed E-state index contributed by atoms with van der Waals surface area (Å²) in [5.74, 6) is 1.61. The van der Waals surface area contributed by atoms with Gasteiger partial charge in [-0.2, -0.15) is 0 Å². The molecule has 1 aromatic heterocycles. The molecular weight excluding hydrogens is 373 g/mol. The number of nitrogens with zero attached hydrogens (tertiary/aromatic N) is 2. The van der Waals surface area contributed by atoms with Crippen molar-refractivity contribution < 1.29 is 22.3 Å². The Kier molecular flexibility index (Phi) is 5.81. The van der Waals surface area contributed by atoms with Crippen LogP contribution >= 0.6 is 0 Å². The van der Waals surface area contributed by atoms with Gasteiger partial charge in [-0.05, 0) is 38.8 Å². The average molecular weight is 396 g/mol. The number of alkyl halides is 3. The Labute approximate surface area is 161 Å². The van der Waals surface area contributed by atoms with Crippen LogP contribution in [0.2, 0.25) is 0 Å². The SMILES string of the molecule is CCNC(=NCc1nc(C)c(C)o1)NC1CC1c1ccccc1OC(F)(F)F. The molecule has 0 radical (unpaired) electrons. The zero-order valence-electron chi connectivity index (χ0n) is 15.9. The van der Waals surface area contributed by atoms with Gasteiger partial charge in [-0.3, -0.25) is 0 Å². The first-order valence-electron chi connectivity index (χ1n) is 9.09. The van der Waals surface area contributed by atoms with Crippen molar-refractivity contribution in [2.24, 2.45) is 4.99 Å². The molecule has 9 heteroatoms. The van der Waals surface area contributed by atoms with Crippen LogP contribution in [0.4, 0.5) is 13.2 Å². The third-order valence-corrected chi connectivity index (χ3v) is 4.45. The van der Waals surface area contributed by atoms with E-state index in [1.54, 1.807) is 12.1 Å². The van der Waals surface area contributed by atoms with Gasteiger partial charge in [-0.1, -0.05) is 18.2 Å². The minimum atomic E-state index is -4.71. The van der Waals surface area contributed by atoms with E-state index in [0.717, 1.165) is 11.5 Å². The maximum Gasteiger partial charge on any atom is 0.573 e. The standard InChI is InChI=1S/C19H23F3N4O2/c1-4-23-18(24-10-17-25-11(2)12(3)27-17)26-15-9-14(15)13-7-5-6-8-16(13)28-19(20,21)22/h5-8,14-15H,4,9-10H2,1-3H3,(H2,23,24,26). The van der Waals surface area contributed by atoms with E-state index in [0.29, 0.717) is 30.4 Å². The van der Waals surface area contributed by atoms with Crippen LogP contribution in [-0.4, -0.2) is 29.9 Å². The molecule has 2 N–H and O–H groups in total. The Morgan fingerprint density at radius 2 is 2.07 bits per heavy atom. The van der Waals surface area contributed by atoms with Crippen LogP contribution in [0.1, 0.15) is 42.2 Å². The maximum absolute atomic E-state index is 12.6. The fraction of sp³-hybridized carbons (Fsp3) is 0.474. The minimum absolute atomic E-state index is 0.0242. The van der Waals surface area contributed by atoms with E-state index in [2.05, 4.69) is 25.3 Å². The first-order chi connectivity index (χ1) is 13.3. The monoisotopic (exact) mass is 396 g/mol. The van der Waals surface area contributed by atoms with Crippen LogP contribution < -0.4 is 15.4 Å². The van der Waals surface area contributed by atoms with Crippen molar-refractivity contribution in [3.63, 3.8) is 0 Å². The number of halogens is 3. The minimum Gasteiger partial charge on any atom is -0.444 e. The number of para-hydroxylation sites is 1. The van der Waals surface area contributed by atoms with Crippen LogP contribution in [0.3, 0.4) is 0 Å². The molecular formula is C19H23F3N4O2. The number of guanidine groups is 1. The van der Waals surface area contributed by atoms with E-state index in [1.165, 1.54) is 12.1 Å². The van der Waals surface area contributed by atoms with E-state index >= 15 is 0 Å². The summed E-state index contributed by atoms with van der Waals surface area (Å²) < 4.78 is 47.5. The molecule has 1 aliphatic rings. The summed E-state index contributed by atoms with van der Waals surface area (Å²) in [6.45, 7) is 6.57. The molecule has 2 unspecified atom stereocenters. The summed E-state index contributed by atoms with van der Waals surface area (Å²) in [6, 6.07) is 6.21. The van der Waals surface area contributed by atoms with Gasteiger partial charge < -0.3 is 19.8 Å². The molecule has 0 spiro atoms. The van der Waals surface area contributed by atoms with Gasteiger partial charge in [0.05, 0.1) is 5.69 Å². The average Bonchev–Trinajstić information content (AvgIpc) is 3.29. The van der Waals surface area contributed by atoms with Crippen molar-refractivity contribution in [1.82, 2.24) is 15.6 Å². The Morgan fingerprint density at radius 1 is 1.32 bits per heavy atom. The van der Waals surface area contributed by atoms with Crippen molar-refractivity contribution >= 4 is 5.96 Å². The van der Waals surface area contributed by atoms with Crippen LogP contribution in [-0.2, 0) is 6.54 Å². The highest BCUT2D eigenvalue weighted by Crippen LogP contribution is 2.45. The van der Waals surface area contributed by atoms with Crippen LogP contribution in [0.15, 0.2) is 33.7 Å². The quantitative estimate of drug-likeness (QED) is 0.574. The third-order valence-electron chi connectivity index (χ3n) is 4.45. The second kappa shape index (κ2) is 8.12. The summed E-state index contributed by atoms with van der Waals surface area (Å²) in [6.07, 6.45) is -4.02. The van der Waals surface area contributed by atoms with Gasteiger partial charge in [-0.15, -0.1) is 13.2 Å². The second-order valence-electron chi connectivity index (χ2n) is 6.62. The number of hydrogen-bond donors (Lipinski definition) is 2. The largest absolute Gasteiger partial charge is 0.573 e. The van der Waals surface area contributed by atoms with Gasteiger partial charge in [0, 0.05) is 18.5 Å². The van der Waals surface area contributed by atoms with Gasteiger partial charge in [0.1, 0.15) is 18.1 Å². The van der Waals surface area contributed by atoms with Gasteiger partial charge in [0.25, 0.3) is 0 Å². The predicted octanol–water partition coefficient (Wildman–Crippen LogP) is 3.80. The number of nitrogens with one attached hydrogen (secondary N) is 2. The maximum atomic E-state index is 12.6. The van der Waals surface area contributed by atoms with Crippen LogP contribution in [0, 0.1) is 13.8 Å². The zero-order chi connectivity index (χ0) is 20.3. The molecule has 28 heavy (non-hydrogen) atoms. The van der Waals surface area contributed by atoms with E-state index in [-0.39, 0.29) is 24.3 Å². The topological polar surface area (TPSA) is 71.7 Å². The molecule has 2 aromatic rings. The number of rotatable bonds is 6. The fourth-order valence-corrected chi connectivity index (χ4v) is 2.95. The highest BCUT2D eigenvalue weighted by atomic mass is 19.4. The molecule has 1 heterocycles. The Hall–Kier alpha value is -2.71. The van der Waals surface area contributed by atoms with E-state index in [4.69, 9.17) is 4.42 Å². The summed E-state index contributed by atoms with van der Waals surface area (Å²) in [4.78, 5) is 8.75. The number of hydrogen-bond acceptors (Lipinski definition) is 4. The molecule has 152 valence electrons. The zero-order valence-corrected chi connectivity index (χ0v) is 15.9. The van der Waals surface area contributed by atoms with E-state index < -0.39 is 6.36 Å². The number of ether oxygens (including phenoxy) is 1. The molecule has 1 aliphatic carbocycles. The Bertz CT molecular complexity index is 828. The number of aryl methyl sites for hydroxylation is 2. The molecule has 0 bridgehead atoms. The molecule has 1 aromatic carbocycles. The summed E-state index contributed by atoms with van der Waals surface area (Å²) >= 11 is 0. The smallest absolute Gasteiger partial charge is 0.444 e.